The molecule has 2 aromatic rings. The normalized spacial score (nSPS) is 15.5. The molecule has 1 N–H and O–H groups in total. The first-order chi connectivity index (χ1) is 8.74. The van der Waals surface area contributed by atoms with Gasteiger partial charge in [0, 0.05) is 12.6 Å². The Balaban J connectivity index is 1.87. The van der Waals surface area contributed by atoms with E-state index in [1.54, 1.807) is 6.33 Å². The maximum absolute atomic E-state index is 4.28. The largest absolute Gasteiger partial charge is 0.365 e. The van der Waals surface area contributed by atoms with Gasteiger partial charge in [0.1, 0.15) is 6.33 Å². The Morgan fingerprint density at radius 3 is 2.94 bits per heavy atom. The highest BCUT2D eigenvalue weighted by atomic mass is 15.4. The molecule has 0 aromatic carbocycles. The van der Waals surface area contributed by atoms with Crippen LogP contribution < -0.4 is 5.32 Å². The molecule has 1 aliphatic rings. The lowest BCUT2D eigenvalue weighted by Crippen LogP contribution is -2.19. The van der Waals surface area contributed by atoms with E-state index < -0.39 is 0 Å². The van der Waals surface area contributed by atoms with Gasteiger partial charge in [0.05, 0.1) is 6.54 Å². The summed E-state index contributed by atoms with van der Waals surface area (Å²) in [5.74, 6) is 0.804. The first-order valence-corrected chi connectivity index (χ1v) is 6.19. The average Bonchev–Trinajstić information content (AvgIpc) is 3.06. The van der Waals surface area contributed by atoms with Crippen LogP contribution in [0.2, 0.25) is 0 Å². The van der Waals surface area contributed by atoms with Crippen LogP contribution in [-0.4, -0.2) is 56.5 Å². The Kier molecular flexibility index (Phi) is 2.83. The quantitative estimate of drug-likeness (QED) is 0.822. The molecular formula is C11H17N7. The molecule has 18 heavy (non-hydrogen) atoms. The van der Waals surface area contributed by atoms with E-state index in [1.807, 2.05) is 18.8 Å². The third kappa shape index (κ3) is 2.26. The lowest BCUT2D eigenvalue weighted by atomic mass is 10.4. The van der Waals surface area contributed by atoms with Crippen LogP contribution in [0.15, 0.2) is 6.33 Å². The molecule has 0 radical (unpaired) electrons. The number of anilines is 1. The van der Waals surface area contributed by atoms with Gasteiger partial charge in [-0.3, -0.25) is 0 Å². The van der Waals surface area contributed by atoms with E-state index in [-0.39, 0.29) is 0 Å². The van der Waals surface area contributed by atoms with Crippen LogP contribution in [-0.2, 0) is 6.54 Å². The van der Waals surface area contributed by atoms with Gasteiger partial charge in [-0.05, 0) is 26.9 Å². The molecule has 0 saturated heterocycles. The molecule has 0 amide bonds. The molecule has 0 bridgehead atoms. The highest BCUT2D eigenvalue weighted by Crippen LogP contribution is 2.26. The topological polar surface area (TPSA) is 71.8 Å². The Labute approximate surface area is 105 Å². The minimum atomic E-state index is 0.551. The Bertz CT molecular complexity index is 543. The van der Waals surface area contributed by atoms with Crippen LogP contribution >= 0.6 is 0 Å². The summed E-state index contributed by atoms with van der Waals surface area (Å²) >= 11 is 0. The minimum absolute atomic E-state index is 0.551. The van der Waals surface area contributed by atoms with Crippen molar-refractivity contribution in [3.05, 3.63) is 6.33 Å². The second-order valence-corrected chi connectivity index (χ2v) is 4.93. The number of aromatic nitrogens is 5. The molecule has 96 valence electrons. The van der Waals surface area contributed by atoms with E-state index in [4.69, 9.17) is 0 Å². The maximum Gasteiger partial charge on any atom is 0.183 e. The smallest absolute Gasteiger partial charge is 0.183 e. The number of hydrogen-bond acceptors (Lipinski definition) is 6. The van der Waals surface area contributed by atoms with Gasteiger partial charge in [0.15, 0.2) is 17.0 Å². The zero-order valence-electron chi connectivity index (χ0n) is 10.7. The fourth-order valence-electron chi connectivity index (χ4n) is 1.76. The van der Waals surface area contributed by atoms with Gasteiger partial charge in [-0.25, -0.2) is 14.6 Å². The molecule has 0 spiro atoms. The van der Waals surface area contributed by atoms with Gasteiger partial charge in [0.25, 0.3) is 0 Å². The fraction of sp³-hybridized carbons (Fsp3) is 0.636. The highest BCUT2D eigenvalue weighted by molar-refractivity contribution is 5.82. The lowest BCUT2D eigenvalue weighted by Gasteiger charge is -2.08. The van der Waals surface area contributed by atoms with Crippen molar-refractivity contribution in [2.75, 3.05) is 26.0 Å². The van der Waals surface area contributed by atoms with Gasteiger partial charge >= 0.3 is 0 Å². The predicted octanol–water partition coefficient (Wildman–Crippen LogP) is 0.357. The first kappa shape index (κ1) is 11.3. The van der Waals surface area contributed by atoms with Crippen molar-refractivity contribution >= 4 is 17.0 Å². The lowest BCUT2D eigenvalue weighted by molar-refractivity contribution is 0.373. The van der Waals surface area contributed by atoms with Crippen LogP contribution in [0.25, 0.3) is 11.2 Å². The van der Waals surface area contributed by atoms with E-state index >= 15 is 0 Å². The third-order valence-corrected chi connectivity index (χ3v) is 2.98. The second-order valence-electron chi connectivity index (χ2n) is 4.93. The molecule has 0 aliphatic heterocycles. The van der Waals surface area contributed by atoms with Crippen molar-refractivity contribution in [2.45, 2.75) is 25.4 Å². The number of likely N-dealkylation sites (N-methyl/N-ethyl adjacent to an activating group) is 1. The van der Waals surface area contributed by atoms with Crippen LogP contribution in [0, 0.1) is 0 Å². The molecular weight excluding hydrogens is 230 g/mol. The Hall–Kier alpha value is -1.76. The number of rotatable bonds is 5. The summed E-state index contributed by atoms with van der Waals surface area (Å²) in [6.07, 6.45) is 3.99. The number of nitrogens with one attached hydrogen (secondary N) is 1. The van der Waals surface area contributed by atoms with Crippen LogP contribution in [0.4, 0.5) is 5.82 Å². The fourth-order valence-corrected chi connectivity index (χ4v) is 1.76. The van der Waals surface area contributed by atoms with Crippen LogP contribution in [0.5, 0.6) is 0 Å². The van der Waals surface area contributed by atoms with E-state index in [9.17, 15) is 0 Å². The number of fused-ring (bicyclic) bond motifs is 1. The minimum Gasteiger partial charge on any atom is -0.365 e. The summed E-state index contributed by atoms with van der Waals surface area (Å²) in [6, 6.07) is 0.551. The Morgan fingerprint density at radius 2 is 2.22 bits per heavy atom. The SMILES string of the molecule is CN(C)CCn1nnc2c(NC3CC3)ncnc21. The molecule has 1 saturated carbocycles. The molecule has 1 fully saturated rings. The zero-order chi connectivity index (χ0) is 12.5. The summed E-state index contributed by atoms with van der Waals surface area (Å²) < 4.78 is 1.83. The van der Waals surface area contributed by atoms with E-state index in [0.717, 1.165) is 30.1 Å². The average molecular weight is 247 g/mol. The number of hydrogen-bond donors (Lipinski definition) is 1. The highest BCUT2D eigenvalue weighted by Gasteiger charge is 2.23. The standard InChI is InChI=1S/C11H17N7/c1-17(2)5-6-18-11-9(15-16-18)10(12-7-13-11)14-8-3-4-8/h7-8H,3-6H2,1-2H3,(H,12,13,14). The van der Waals surface area contributed by atoms with Crippen molar-refractivity contribution in [3.8, 4) is 0 Å². The van der Waals surface area contributed by atoms with E-state index in [2.05, 4.69) is 30.5 Å². The van der Waals surface area contributed by atoms with Gasteiger partial charge < -0.3 is 10.2 Å². The monoisotopic (exact) mass is 247 g/mol. The second kappa shape index (κ2) is 4.49. The van der Waals surface area contributed by atoms with Crippen molar-refractivity contribution in [2.24, 2.45) is 0 Å². The van der Waals surface area contributed by atoms with Crippen molar-refractivity contribution in [1.29, 1.82) is 0 Å². The summed E-state index contributed by atoms with van der Waals surface area (Å²) in [5, 5.41) is 11.7. The van der Waals surface area contributed by atoms with Crippen molar-refractivity contribution in [3.63, 3.8) is 0 Å². The molecule has 0 atom stereocenters. The van der Waals surface area contributed by atoms with Gasteiger partial charge in [-0.2, -0.15) is 0 Å². The molecule has 7 nitrogen and oxygen atoms in total. The van der Waals surface area contributed by atoms with E-state index in [0.29, 0.717) is 6.04 Å². The molecule has 7 heteroatoms. The Morgan fingerprint density at radius 1 is 1.39 bits per heavy atom. The molecule has 3 rings (SSSR count). The van der Waals surface area contributed by atoms with Gasteiger partial charge in [0.2, 0.25) is 0 Å². The third-order valence-electron chi connectivity index (χ3n) is 2.98. The molecule has 2 heterocycles. The number of nitrogens with zero attached hydrogens (tertiary/aromatic N) is 6. The molecule has 1 aliphatic carbocycles. The summed E-state index contributed by atoms with van der Waals surface area (Å²) in [5.41, 5.74) is 1.57. The first-order valence-electron chi connectivity index (χ1n) is 6.19. The van der Waals surface area contributed by atoms with Gasteiger partial charge in [-0.15, -0.1) is 5.10 Å². The summed E-state index contributed by atoms with van der Waals surface area (Å²) in [7, 11) is 4.07. The van der Waals surface area contributed by atoms with Crippen molar-refractivity contribution in [1.82, 2.24) is 29.9 Å². The van der Waals surface area contributed by atoms with Crippen LogP contribution in [0.3, 0.4) is 0 Å². The summed E-state index contributed by atoms with van der Waals surface area (Å²) in [4.78, 5) is 10.6. The van der Waals surface area contributed by atoms with Crippen LogP contribution in [0.1, 0.15) is 12.8 Å². The molecule has 2 aromatic heterocycles. The maximum atomic E-state index is 4.28. The summed E-state index contributed by atoms with van der Waals surface area (Å²) in [6.45, 7) is 1.69. The van der Waals surface area contributed by atoms with Gasteiger partial charge in [-0.1, -0.05) is 5.21 Å². The zero-order valence-corrected chi connectivity index (χ0v) is 10.7. The van der Waals surface area contributed by atoms with Crippen molar-refractivity contribution < 1.29 is 0 Å². The molecule has 0 unspecified atom stereocenters. The van der Waals surface area contributed by atoms with E-state index in [1.165, 1.54) is 12.8 Å². The predicted molar refractivity (Wildman–Crippen MR) is 68.3 cm³/mol.